The van der Waals surface area contributed by atoms with Gasteiger partial charge in [-0.25, -0.2) is 4.98 Å². The normalized spacial score (nSPS) is 11.6. The number of aromatic amines is 1. The highest BCUT2D eigenvalue weighted by molar-refractivity contribution is 6.00. The van der Waals surface area contributed by atoms with E-state index in [0.29, 0.717) is 11.6 Å². The summed E-state index contributed by atoms with van der Waals surface area (Å²) >= 11 is 0. The molecule has 0 aliphatic carbocycles. The summed E-state index contributed by atoms with van der Waals surface area (Å²) in [5.41, 5.74) is -0.170. The Balaban J connectivity index is 2.12. The second kappa shape index (κ2) is 4.25. The molecule has 2 heterocycles. The third-order valence-corrected chi connectivity index (χ3v) is 2.35. The molecule has 0 atom stereocenters. The van der Waals surface area contributed by atoms with Crippen LogP contribution in [0.1, 0.15) is 37.2 Å². The fraction of sp³-hybridized carbons (Fsp3) is 0.455. The highest BCUT2D eigenvalue weighted by Crippen LogP contribution is 2.17. The topological polar surface area (TPSA) is 88.5 Å². The lowest BCUT2D eigenvalue weighted by atomic mass is 9.96. The zero-order chi connectivity index (χ0) is 13.3. The first-order valence-corrected chi connectivity index (χ1v) is 5.60. The Morgan fingerprint density at radius 2 is 2.17 bits per heavy atom. The average Bonchev–Trinajstić information content (AvgIpc) is 2.85. The fourth-order valence-electron chi connectivity index (χ4n) is 1.35. The Kier molecular flexibility index (Phi) is 2.90. The van der Waals surface area contributed by atoms with Gasteiger partial charge in [0.1, 0.15) is 5.82 Å². The smallest absolute Gasteiger partial charge is 0.296 e. The summed E-state index contributed by atoms with van der Waals surface area (Å²) in [7, 11) is 1.78. The van der Waals surface area contributed by atoms with Gasteiger partial charge in [-0.15, -0.1) is 5.10 Å². The third-order valence-electron chi connectivity index (χ3n) is 2.35. The van der Waals surface area contributed by atoms with E-state index in [1.54, 1.807) is 24.0 Å². The lowest BCUT2D eigenvalue weighted by Gasteiger charge is -2.12. The van der Waals surface area contributed by atoms with Gasteiger partial charge < -0.3 is 5.32 Å². The molecule has 0 radical (unpaired) electrons. The summed E-state index contributed by atoms with van der Waals surface area (Å²) in [6.45, 7) is 5.98. The first-order chi connectivity index (χ1) is 8.36. The number of hydrogen-bond acceptors (Lipinski definition) is 4. The molecule has 2 N–H and O–H groups in total. The molecule has 0 saturated heterocycles. The molecule has 2 aromatic heterocycles. The lowest BCUT2D eigenvalue weighted by molar-refractivity contribution is 0.101. The molecule has 96 valence electrons. The number of nitrogens with zero attached hydrogens (tertiary/aromatic N) is 4. The molecule has 0 aliphatic rings. The zero-order valence-corrected chi connectivity index (χ0v) is 10.9. The molecular weight excluding hydrogens is 232 g/mol. The van der Waals surface area contributed by atoms with Gasteiger partial charge in [0.05, 0.1) is 0 Å². The summed E-state index contributed by atoms with van der Waals surface area (Å²) in [5.74, 6) is 0.893. The molecule has 2 rings (SSSR count). The number of anilines is 1. The van der Waals surface area contributed by atoms with E-state index in [-0.39, 0.29) is 17.1 Å². The molecular formula is C11H16N6O. The van der Waals surface area contributed by atoms with Crippen molar-refractivity contribution in [1.82, 2.24) is 25.0 Å². The van der Waals surface area contributed by atoms with Gasteiger partial charge in [0.15, 0.2) is 5.82 Å². The molecule has 0 unspecified atom stereocenters. The number of rotatable bonds is 2. The molecule has 2 aromatic rings. The van der Waals surface area contributed by atoms with E-state index < -0.39 is 0 Å². The Bertz CT molecular complexity index is 562. The van der Waals surface area contributed by atoms with Crippen LogP contribution in [-0.4, -0.2) is 30.9 Å². The van der Waals surface area contributed by atoms with E-state index in [2.05, 4.69) is 25.6 Å². The molecule has 0 aliphatic heterocycles. The largest absolute Gasteiger partial charge is 0.302 e. The van der Waals surface area contributed by atoms with E-state index in [1.807, 2.05) is 20.8 Å². The van der Waals surface area contributed by atoms with Crippen LogP contribution in [0, 0.1) is 0 Å². The van der Waals surface area contributed by atoms with Gasteiger partial charge in [-0.3, -0.25) is 14.6 Å². The van der Waals surface area contributed by atoms with Gasteiger partial charge in [0.2, 0.25) is 5.82 Å². The molecule has 7 nitrogen and oxygen atoms in total. The zero-order valence-electron chi connectivity index (χ0n) is 10.9. The van der Waals surface area contributed by atoms with Crippen LogP contribution in [0.2, 0.25) is 0 Å². The summed E-state index contributed by atoms with van der Waals surface area (Å²) < 4.78 is 1.61. The van der Waals surface area contributed by atoms with Crippen molar-refractivity contribution >= 4 is 11.7 Å². The minimum Gasteiger partial charge on any atom is -0.302 e. The van der Waals surface area contributed by atoms with Gasteiger partial charge in [0.25, 0.3) is 5.91 Å². The molecule has 0 fully saturated rings. The first-order valence-electron chi connectivity index (χ1n) is 5.60. The van der Waals surface area contributed by atoms with E-state index >= 15 is 0 Å². The van der Waals surface area contributed by atoms with Crippen molar-refractivity contribution in [2.24, 2.45) is 7.05 Å². The molecule has 18 heavy (non-hydrogen) atoms. The standard InChI is InChI=1S/C11H16N6O/c1-11(2,3)10-13-8(14-15-10)9(18)12-7-5-6-17(4)16-7/h5-6H,1-4H3,(H,12,16,18)(H,13,14,15). The Morgan fingerprint density at radius 1 is 1.44 bits per heavy atom. The van der Waals surface area contributed by atoms with Crippen molar-refractivity contribution in [3.05, 3.63) is 23.9 Å². The predicted molar refractivity (Wildman–Crippen MR) is 66.2 cm³/mol. The first kappa shape index (κ1) is 12.3. The average molecular weight is 248 g/mol. The van der Waals surface area contributed by atoms with Crippen LogP contribution in [0.25, 0.3) is 0 Å². The van der Waals surface area contributed by atoms with Gasteiger partial charge >= 0.3 is 0 Å². The third kappa shape index (κ3) is 2.55. The van der Waals surface area contributed by atoms with Crippen molar-refractivity contribution in [3.63, 3.8) is 0 Å². The van der Waals surface area contributed by atoms with E-state index in [1.165, 1.54) is 0 Å². The summed E-state index contributed by atoms with van der Waals surface area (Å²) in [5, 5.41) is 13.4. The maximum absolute atomic E-state index is 11.9. The van der Waals surface area contributed by atoms with Crippen LogP contribution in [-0.2, 0) is 12.5 Å². The number of aromatic nitrogens is 5. The minimum absolute atomic E-state index is 0.116. The van der Waals surface area contributed by atoms with Crippen molar-refractivity contribution in [2.45, 2.75) is 26.2 Å². The van der Waals surface area contributed by atoms with Crippen molar-refractivity contribution in [1.29, 1.82) is 0 Å². The van der Waals surface area contributed by atoms with Crippen molar-refractivity contribution in [2.75, 3.05) is 5.32 Å². The number of amides is 1. The summed E-state index contributed by atoms with van der Waals surface area (Å²) in [4.78, 5) is 16.0. The van der Waals surface area contributed by atoms with Gasteiger partial charge in [-0.1, -0.05) is 20.8 Å². The number of hydrogen-bond donors (Lipinski definition) is 2. The number of nitrogens with one attached hydrogen (secondary N) is 2. The number of carbonyl (C=O) groups excluding carboxylic acids is 1. The molecule has 1 amide bonds. The minimum atomic E-state index is -0.375. The predicted octanol–water partition coefficient (Wildman–Crippen LogP) is 1.09. The quantitative estimate of drug-likeness (QED) is 0.832. The lowest BCUT2D eigenvalue weighted by Crippen LogP contribution is -2.16. The highest BCUT2D eigenvalue weighted by Gasteiger charge is 2.21. The molecule has 0 saturated carbocycles. The van der Waals surface area contributed by atoms with E-state index in [0.717, 1.165) is 0 Å². The van der Waals surface area contributed by atoms with Crippen molar-refractivity contribution in [3.8, 4) is 0 Å². The van der Waals surface area contributed by atoms with Crippen LogP contribution < -0.4 is 5.32 Å². The van der Waals surface area contributed by atoms with Crippen molar-refractivity contribution < 1.29 is 4.79 Å². The Morgan fingerprint density at radius 3 is 2.67 bits per heavy atom. The van der Waals surface area contributed by atoms with Crippen LogP contribution in [0.3, 0.4) is 0 Å². The Labute approximate surface area is 105 Å². The number of aryl methyl sites for hydroxylation is 1. The van der Waals surface area contributed by atoms with Crippen LogP contribution in [0.15, 0.2) is 12.3 Å². The maximum Gasteiger partial charge on any atom is 0.296 e. The maximum atomic E-state index is 11.9. The fourth-order valence-corrected chi connectivity index (χ4v) is 1.35. The molecule has 0 spiro atoms. The van der Waals surface area contributed by atoms with E-state index in [9.17, 15) is 4.79 Å². The van der Waals surface area contributed by atoms with Crippen LogP contribution >= 0.6 is 0 Å². The van der Waals surface area contributed by atoms with Gasteiger partial charge in [0, 0.05) is 24.7 Å². The van der Waals surface area contributed by atoms with Crippen LogP contribution in [0.4, 0.5) is 5.82 Å². The molecule has 7 heteroatoms. The summed E-state index contributed by atoms with van der Waals surface area (Å²) in [6, 6.07) is 1.70. The second-order valence-electron chi connectivity index (χ2n) is 5.09. The van der Waals surface area contributed by atoms with E-state index in [4.69, 9.17) is 0 Å². The Hall–Kier alpha value is -2.18. The number of H-pyrrole nitrogens is 1. The SMILES string of the molecule is Cn1ccc(NC(=O)c2n[nH]c(C(C)(C)C)n2)n1. The molecule has 0 aromatic carbocycles. The van der Waals surface area contributed by atoms with Gasteiger partial charge in [-0.2, -0.15) is 5.10 Å². The van der Waals surface area contributed by atoms with Crippen LogP contribution in [0.5, 0.6) is 0 Å². The van der Waals surface area contributed by atoms with Gasteiger partial charge in [-0.05, 0) is 0 Å². The summed E-state index contributed by atoms with van der Waals surface area (Å²) in [6.07, 6.45) is 1.74. The molecule has 0 bridgehead atoms. The number of carbonyl (C=O) groups is 1. The second-order valence-corrected chi connectivity index (χ2v) is 5.09. The highest BCUT2D eigenvalue weighted by atomic mass is 16.2. The monoisotopic (exact) mass is 248 g/mol.